The lowest BCUT2D eigenvalue weighted by molar-refractivity contribution is -0.157. The molecule has 1 heterocycles. The van der Waals surface area contributed by atoms with Gasteiger partial charge in [-0.25, -0.2) is 4.79 Å². The first-order valence-corrected chi connectivity index (χ1v) is 12.1. The van der Waals surface area contributed by atoms with Crippen LogP contribution in [0.2, 0.25) is 0 Å². The molecule has 0 saturated carbocycles. The van der Waals surface area contributed by atoms with E-state index in [0.29, 0.717) is 42.4 Å². The Balaban J connectivity index is 2.17. The van der Waals surface area contributed by atoms with Crippen molar-refractivity contribution in [2.45, 2.75) is 51.2 Å². The number of hydrogen-bond donors (Lipinski definition) is 2. The molecule has 1 aliphatic heterocycles. The Labute approximate surface area is 199 Å². The second kappa shape index (κ2) is 12.1. The zero-order valence-electron chi connectivity index (χ0n) is 19.9. The van der Waals surface area contributed by atoms with Gasteiger partial charge in [0, 0.05) is 18.1 Å². The normalized spacial score (nSPS) is 20.0. The molecule has 0 spiro atoms. The van der Waals surface area contributed by atoms with Crippen LogP contribution in [0.3, 0.4) is 0 Å². The lowest BCUT2D eigenvalue weighted by Gasteiger charge is -2.42. The molecule has 0 radical (unpaired) electrons. The van der Waals surface area contributed by atoms with Crippen LogP contribution in [0.1, 0.15) is 32.8 Å². The molecule has 1 fully saturated rings. The summed E-state index contributed by atoms with van der Waals surface area (Å²) < 4.78 is 15.9. The van der Waals surface area contributed by atoms with Gasteiger partial charge in [0.15, 0.2) is 0 Å². The van der Waals surface area contributed by atoms with Crippen molar-refractivity contribution < 1.29 is 33.7 Å². The van der Waals surface area contributed by atoms with Crippen LogP contribution < -0.4 is 14.8 Å². The molecule has 1 aromatic carbocycles. The van der Waals surface area contributed by atoms with Gasteiger partial charge in [0.25, 0.3) is 0 Å². The highest BCUT2D eigenvalue weighted by Crippen LogP contribution is 2.28. The van der Waals surface area contributed by atoms with Gasteiger partial charge in [0.2, 0.25) is 5.91 Å². The first-order chi connectivity index (χ1) is 15.7. The lowest BCUT2D eigenvalue weighted by Crippen LogP contribution is -2.63. The summed E-state index contributed by atoms with van der Waals surface area (Å²) in [7, 11) is 3.15. The molecule has 2 rings (SSSR count). The highest BCUT2D eigenvalue weighted by atomic mass is 32.2. The van der Waals surface area contributed by atoms with Crippen molar-refractivity contribution in [3.8, 4) is 11.5 Å². The standard InChI is InChI=1S/C23H34N2O7S/c1-6-32-21(27)18(9-7-16-13-17(30-4)8-10-19(16)31-5)24-15(2)20(26)25-11-12-33-14-23(25,3)22(28)29/h8,10,13,15,18,24H,6-7,9,11-12,14H2,1-5H3,(H,28,29). The summed E-state index contributed by atoms with van der Waals surface area (Å²) in [6, 6.07) is 3.91. The first-order valence-electron chi connectivity index (χ1n) is 10.9. The van der Waals surface area contributed by atoms with Gasteiger partial charge in [-0.2, -0.15) is 11.8 Å². The van der Waals surface area contributed by atoms with Crippen molar-refractivity contribution in [1.29, 1.82) is 0 Å². The van der Waals surface area contributed by atoms with Crippen LogP contribution in [-0.4, -0.2) is 84.4 Å². The molecule has 1 aromatic rings. The van der Waals surface area contributed by atoms with Crippen molar-refractivity contribution in [3.05, 3.63) is 23.8 Å². The number of aliphatic carboxylic acids is 1. The summed E-state index contributed by atoms with van der Waals surface area (Å²) in [6.07, 6.45) is 0.830. The summed E-state index contributed by atoms with van der Waals surface area (Å²) in [4.78, 5) is 39.1. The Kier molecular flexibility index (Phi) is 9.85. The number of benzene rings is 1. The molecule has 1 aliphatic rings. The van der Waals surface area contributed by atoms with Crippen LogP contribution in [0.25, 0.3) is 0 Å². The number of carboxylic acid groups (broad SMARTS) is 1. The van der Waals surface area contributed by atoms with Gasteiger partial charge in [-0.3, -0.25) is 14.9 Å². The summed E-state index contributed by atoms with van der Waals surface area (Å²) in [5.41, 5.74) is -0.429. The third-order valence-electron chi connectivity index (χ3n) is 5.75. The maximum absolute atomic E-state index is 13.2. The van der Waals surface area contributed by atoms with Crippen LogP contribution in [-0.2, 0) is 25.5 Å². The number of esters is 1. The lowest BCUT2D eigenvalue weighted by atomic mass is 10.00. The van der Waals surface area contributed by atoms with Crippen molar-refractivity contribution >= 4 is 29.6 Å². The number of aryl methyl sites for hydroxylation is 1. The number of carbonyl (C=O) groups excluding carboxylic acids is 2. The fourth-order valence-electron chi connectivity index (χ4n) is 3.78. The molecule has 3 unspecified atom stereocenters. The molecule has 9 nitrogen and oxygen atoms in total. The molecule has 0 aliphatic carbocycles. The van der Waals surface area contributed by atoms with E-state index < -0.39 is 29.6 Å². The molecule has 10 heteroatoms. The average Bonchev–Trinajstić information content (AvgIpc) is 2.81. The van der Waals surface area contributed by atoms with Gasteiger partial charge >= 0.3 is 11.9 Å². The maximum atomic E-state index is 13.2. The number of ether oxygens (including phenoxy) is 3. The Morgan fingerprint density at radius 3 is 2.61 bits per heavy atom. The monoisotopic (exact) mass is 482 g/mol. The number of carboxylic acids is 1. The Hall–Kier alpha value is -2.46. The van der Waals surface area contributed by atoms with Crippen LogP contribution in [0.15, 0.2) is 18.2 Å². The molecule has 184 valence electrons. The summed E-state index contributed by atoms with van der Waals surface area (Å²) in [5, 5.41) is 12.8. The number of amides is 1. The SMILES string of the molecule is CCOC(=O)C(CCc1cc(OC)ccc1OC)NC(C)C(=O)N1CCSCC1(C)C(=O)O. The molecule has 0 aromatic heterocycles. The molecular weight excluding hydrogens is 448 g/mol. The van der Waals surface area contributed by atoms with Crippen LogP contribution in [0, 0.1) is 0 Å². The van der Waals surface area contributed by atoms with Gasteiger partial charge < -0.3 is 24.2 Å². The van der Waals surface area contributed by atoms with E-state index in [1.165, 1.54) is 16.7 Å². The number of carbonyl (C=O) groups is 3. The molecule has 1 amide bonds. The van der Waals surface area contributed by atoms with E-state index in [0.717, 1.165) is 5.56 Å². The molecular formula is C23H34N2O7S. The fraction of sp³-hybridized carbons (Fsp3) is 0.609. The van der Waals surface area contributed by atoms with E-state index in [1.807, 2.05) is 6.07 Å². The van der Waals surface area contributed by atoms with Crippen molar-refractivity contribution in [2.75, 3.05) is 38.9 Å². The number of nitrogens with zero attached hydrogens (tertiary/aromatic N) is 1. The van der Waals surface area contributed by atoms with Crippen LogP contribution in [0.5, 0.6) is 11.5 Å². The smallest absolute Gasteiger partial charge is 0.330 e. The Morgan fingerprint density at radius 2 is 2.00 bits per heavy atom. The van der Waals surface area contributed by atoms with Gasteiger partial charge in [-0.15, -0.1) is 0 Å². The van der Waals surface area contributed by atoms with E-state index >= 15 is 0 Å². The fourth-order valence-corrected chi connectivity index (χ4v) is 4.91. The number of nitrogens with one attached hydrogen (secondary N) is 1. The largest absolute Gasteiger partial charge is 0.497 e. The molecule has 3 atom stereocenters. The van der Waals surface area contributed by atoms with E-state index in [4.69, 9.17) is 14.2 Å². The van der Waals surface area contributed by atoms with E-state index in [2.05, 4.69) is 5.32 Å². The number of thioether (sulfide) groups is 1. The predicted octanol–water partition coefficient (Wildman–Crippen LogP) is 1.96. The number of rotatable bonds is 11. The highest BCUT2D eigenvalue weighted by Gasteiger charge is 2.45. The van der Waals surface area contributed by atoms with Crippen LogP contribution >= 0.6 is 11.8 Å². The highest BCUT2D eigenvalue weighted by molar-refractivity contribution is 7.99. The molecule has 1 saturated heterocycles. The third kappa shape index (κ3) is 6.54. The van der Waals surface area contributed by atoms with Crippen LogP contribution in [0.4, 0.5) is 0 Å². The van der Waals surface area contributed by atoms with Gasteiger partial charge in [0.05, 0.1) is 26.9 Å². The number of hydrogen-bond acceptors (Lipinski definition) is 8. The topological polar surface area (TPSA) is 114 Å². The molecule has 2 N–H and O–H groups in total. The van der Waals surface area contributed by atoms with E-state index in [1.54, 1.807) is 47.1 Å². The van der Waals surface area contributed by atoms with Gasteiger partial charge in [-0.1, -0.05) is 0 Å². The second-order valence-corrected chi connectivity index (χ2v) is 9.14. The van der Waals surface area contributed by atoms with Gasteiger partial charge in [-0.05, 0) is 57.4 Å². The Morgan fingerprint density at radius 1 is 1.27 bits per heavy atom. The minimum atomic E-state index is -1.29. The van der Waals surface area contributed by atoms with Crippen molar-refractivity contribution in [2.24, 2.45) is 0 Å². The zero-order chi connectivity index (χ0) is 24.6. The minimum absolute atomic E-state index is 0.211. The minimum Gasteiger partial charge on any atom is -0.497 e. The van der Waals surface area contributed by atoms with Gasteiger partial charge in [0.1, 0.15) is 23.1 Å². The average molecular weight is 483 g/mol. The summed E-state index contributed by atoms with van der Waals surface area (Å²) >= 11 is 1.51. The first kappa shape index (κ1) is 26.8. The summed E-state index contributed by atoms with van der Waals surface area (Å²) in [6.45, 7) is 5.47. The molecule has 0 bridgehead atoms. The quantitative estimate of drug-likeness (QED) is 0.457. The van der Waals surface area contributed by atoms with Crippen molar-refractivity contribution in [3.63, 3.8) is 0 Å². The number of methoxy groups -OCH3 is 2. The predicted molar refractivity (Wildman–Crippen MR) is 126 cm³/mol. The summed E-state index contributed by atoms with van der Waals surface area (Å²) in [5.74, 6) is 0.470. The third-order valence-corrected chi connectivity index (χ3v) is 6.98. The van der Waals surface area contributed by atoms with Crippen molar-refractivity contribution in [1.82, 2.24) is 10.2 Å². The maximum Gasteiger partial charge on any atom is 0.330 e. The zero-order valence-corrected chi connectivity index (χ0v) is 20.7. The van der Waals surface area contributed by atoms with E-state index in [-0.39, 0.29) is 12.5 Å². The second-order valence-electron chi connectivity index (χ2n) is 8.03. The molecule has 33 heavy (non-hydrogen) atoms. The van der Waals surface area contributed by atoms with E-state index in [9.17, 15) is 19.5 Å². The Bertz CT molecular complexity index is 850.